The molecule has 4 heteroatoms. The summed E-state index contributed by atoms with van der Waals surface area (Å²) in [5, 5.41) is 2.98. The Morgan fingerprint density at radius 3 is 2.83 bits per heavy atom. The van der Waals surface area contributed by atoms with Crippen LogP contribution in [0.4, 0.5) is 5.69 Å². The lowest BCUT2D eigenvalue weighted by atomic mass is 10.1. The molecular weight excluding hydrogens is 228 g/mol. The first-order valence-corrected chi connectivity index (χ1v) is 6.42. The third-order valence-electron chi connectivity index (χ3n) is 3.52. The zero-order valence-electron chi connectivity index (χ0n) is 10.7. The van der Waals surface area contributed by atoms with Crippen molar-refractivity contribution in [1.82, 2.24) is 5.32 Å². The van der Waals surface area contributed by atoms with Gasteiger partial charge in [0.25, 0.3) is 5.91 Å². The number of nitrogens with one attached hydrogen (secondary N) is 1. The van der Waals surface area contributed by atoms with E-state index >= 15 is 0 Å². The average molecular weight is 248 g/mol. The lowest BCUT2D eigenvalue weighted by Gasteiger charge is -2.11. The van der Waals surface area contributed by atoms with E-state index in [-0.39, 0.29) is 5.91 Å². The summed E-state index contributed by atoms with van der Waals surface area (Å²) in [6.07, 6.45) is 5.03. The molecular formula is C14H20N2O2. The number of ether oxygens (including phenoxy) is 1. The highest BCUT2D eigenvalue weighted by molar-refractivity contribution is 5.95. The summed E-state index contributed by atoms with van der Waals surface area (Å²) in [6.45, 7) is 0.769. The molecule has 2 rings (SSSR count). The number of hydrogen-bond donors (Lipinski definition) is 2. The molecule has 0 heterocycles. The standard InChI is InChI=1S/C14H20N2O2/c1-18-13-8-11(6-7-12(13)15)14(17)16-9-10-4-2-3-5-10/h6-8,10H,2-5,9,15H2,1H3,(H,16,17). The van der Waals surface area contributed by atoms with Gasteiger partial charge in [0.2, 0.25) is 0 Å². The Morgan fingerprint density at radius 1 is 1.44 bits per heavy atom. The summed E-state index contributed by atoms with van der Waals surface area (Å²) in [5.41, 5.74) is 6.86. The van der Waals surface area contributed by atoms with Crippen LogP contribution >= 0.6 is 0 Å². The van der Waals surface area contributed by atoms with Crippen LogP contribution in [-0.4, -0.2) is 19.6 Å². The van der Waals surface area contributed by atoms with Crippen LogP contribution in [0.3, 0.4) is 0 Å². The molecule has 4 nitrogen and oxygen atoms in total. The third kappa shape index (κ3) is 2.94. The maximum absolute atomic E-state index is 12.0. The molecule has 0 aromatic heterocycles. The normalized spacial score (nSPS) is 15.6. The Bertz CT molecular complexity index is 426. The molecule has 0 unspecified atom stereocenters. The number of carbonyl (C=O) groups excluding carboxylic acids is 1. The molecule has 1 aromatic carbocycles. The van der Waals surface area contributed by atoms with Gasteiger partial charge in [0.1, 0.15) is 5.75 Å². The van der Waals surface area contributed by atoms with E-state index in [1.165, 1.54) is 25.7 Å². The fourth-order valence-corrected chi connectivity index (χ4v) is 2.41. The molecule has 3 N–H and O–H groups in total. The van der Waals surface area contributed by atoms with Crippen molar-refractivity contribution >= 4 is 11.6 Å². The van der Waals surface area contributed by atoms with Crippen LogP contribution in [0, 0.1) is 5.92 Å². The van der Waals surface area contributed by atoms with E-state index in [0.29, 0.717) is 22.9 Å². The number of nitrogens with two attached hydrogens (primary N) is 1. The van der Waals surface area contributed by atoms with E-state index in [1.807, 2.05) is 0 Å². The fraction of sp³-hybridized carbons (Fsp3) is 0.500. The number of amides is 1. The molecule has 0 atom stereocenters. The fourth-order valence-electron chi connectivity index (χ4n) is 2.41. The van der Waals surface area contributed by atoms with Crippen LogP contribution in [0.25, 0.3) is 0 Å². The van der Waals surface area contributed by atoms with Crippen LogP contribution in [0.15, 0.2) is 18.2 Å². The SMILES string of the molecule is COc1cc(C(=O)NCC2CCCC2)ccc1N. The minimum Gasteiger partial charge on any atom is -0.495 e. The number of nitrogen functional groups attached to an aromatic ring is 1. The van der Waals surface area contributed by atoms with E-state index in [9.17, 15) is 4.79 Å². The molecule has 98 valence electrons. The highest BCUT2D eigenvalue weighted by Gasteiger charge is 2.16. The van der Waals surface area contributed by atoms with Crippen LogP contribution in [0.2, 0.25) is 0 Å². The van der Waals surface area contributed by atoms with Gasteiger partial charge in [-0.25, -0.2) is 0 Å². The Labute approximate surface area is 108 Å². The zero-order valence-corrected chi connectivity index (χ0v) is 10.7. The highest BCUT2D eigenvalue weighted by Crippen LogP contribution is 2.24. The van der Waals surface area contributed by atoms with Gasteiger partial charge in [-0.3, -0.25) is 4.79 Å². The Balaban J connectivity index is 1.95. The van der Waals surface area contributed by atoms with Crippen molar-refractivity contribution in [3.8, 4) is 5.75 Å². The van der Waals surface area contributed by atoms with Crippen molar-refractivity contribution < 1.29 is 9.53 Å². The van der Waals surface area contributed by atoms with E-state index in [2.05, 4.69) is 5.32 Å². The summed E-state index contributed by atoms with van der Waals surface area (Å²) in [7, 11) is 1.55. The van der Waals surface area contributed by atoms with Gasteiger partial charge < -0.3 is 15.8 Å². The predicted octanol–water partition coefficient (Wildman–Crippen LogP) is 2.20. The first-order chi connectivity index (χ1) is 8.70. The zero-order chi connectivity index (χ0) is 13.0. The van der Waals surface area contributed by atoms with Gasteiger partial charge in [-0.1, -0.05) is 12.8 Å². The van der Waals surface area contributed by atoms with Crippen molar-refractivity contribution in [3.05, 3.63) is 23.8 Å². The van der Waals surface area contributed by atoms with Crippen LogP contribution in [0.1, 0.15) is 36.0 Å². The second-order valence-corrected chi connectivity index (χ2v) is 4.82. The lowest BCUT2D eigenvalue weighted by molar-refractivity contribution is 0.0947. The minimum atomic E-state index is -0.0554. The number of carbonyl (C=O) groups is 1. The molecule has 1 saturated carbocycles. The summed E-state index contributed by atoms with van der Waals surface area (Å²) in [5.74, 6) is 1.13. The second-order valence-electron chi connectivity index (χ2n) is 4.82. The van der Waals surface area contributed by atoms with E-state index in [1.54, 1.807) is 25.3 Å². The van der Waals surface area contributed by atoms with Gasteiger partial charge in [0.05, 0.1) is 12.8 Å². The number of rotatable bonds is 4. The van der Waals surface area contributed by atoms with Crippen molar-refractivity contribution in [2.45, 2.75) is 25.7 Å². The first kappa shape index (κ1) is 12.7. The monoisotopic (exact) mass is 248 g/mol. The van der Waals surface area contributed by atoms with Crippen LogP contribution in [-0.2, 0) is 0 Å². The van der Waals surface area contributed by atoms with Crippen LogP contribution < -0.4 is 15.8 Å². The van der Waals surface area contributed by atoms with Gasteiger partial charge >= 0.3 is 0 Å². The predicted molar refractivity (Wildman–Crippen MR) is 71.7 cm³/mol. The largest absolute Gasteiger partial charge is 0.495 e. The first-order valence-electron chi connectivity index (χ1n) is 6.42. The summed E-state index contributed by atoms with van der Waals surface area (Å²) >= 11 is 0. The molecule has 1 amide bonds. The molecule has 1 fully saturated rings. The molecule has 0 saturated heterocycles. The van der Waals surface area contributed by atoms with E-state index in [4.69, 9.17) is 10.5 Å². The molecule has 0 spiro atoms. The average Bonchev–Trinajstić information content (AvgIpc) is 2.89. The topological polar surface area (TPSA) is 64.3 Å². The quantitative estimate of drug-likeness (QED) is 0.803. The van der Waals surface area contributed by atoms with Gasteiger partial charge in [-0.2, -0.15) is 0 Å². The molecule has 1 aliphatic rings. The third-order valence-corrected chi connectivity index (χ3v) is 3.52. The summed E-state index contributed by atoms with van der Waals surface area (Å²) in [6, 6.07) is 5.10. The van der Waals surface area contributed by atoms with Crippen molar-refractivity contribution in [2.75, 3.05) is 19.4 Å². The van der Waals surface area contributed by atoms with E-state index in [0.717, 1.165) is 6.54 Å². The Hall–Kier alpha value is -1.71. The summed E-state index contributed by atoms with van der Waals surface area (Å²) < 4.78 is 5.11. The highest BCUT2D eigenvalue weighted by atomic mass is 16.5. The van der Waals surface area contributed by atoms with Crippen molar-refractivity contribution in [3.63, 3.8) is 0 Å². The second kappa shape index (κ2) is 5.76. The van der Waals surface area contributed by atoms with Crippen molar-refractivity contribution in [1.29, 1.82) is 0 Å². The Morgan fingerprint density at radius 2 is 2.17 bits per heavy atom. The lowest BCUT2D eigenvalue weighted by Crippen LogP contribution is -2.28. The molecule has 0 bridgehead atoms. The number of benzene rings is 1. The smallest absolute Gasteiger partial charge is 0.251 e. The minimum absolute atomic E-state index is 0.0554. The maximum Gasteiger partial charge on any atom is 0.251 e. The Kier molecular flexibility index (Phi) is 4.07. The number of anilines is 1. The number of methoxy groups -OCH3 is 1. The maximum atomic E-state index is 12.0. The molecule has 0 aliphatic heterocycles. The van der Waals surface area contributed by atoms with Gasteiger partial charge in [0, 0.05) is 12.1 Å². The molecule has 0 radical (unpaired) electrons. The van der Waals surface area contributed by atoms with Crippen molar-refractivity contribution in [2.24, 2.45) is 5.92 Å². The molecule has 1 aliphatic carbocycles. The van der Waals surface area contributed by atoms with Gasteiger partial charge in [-0.15, -0.1) is 0 Å². The van der Waals surface area contributed by atoms with Crippen LogP contribution in [0.5, 0.6) is 5.75 Å². The molecule has 18 heavy (non-hydrogen) atoms. The summed E-state index contributed by atoms with van der Waals surface area (Å²) in [4.78, 5) is 12.0. The number of hydrogen-bond acceptors (Lipinski definition) is 3. The van der Waals surface area contributed by atoms with E-state index < -0.39 is 0 Å². The van der Waals surface area contributed by atoms with Gasteiger partial charge in [0.15, 0.2) is 0 Å². The van der Waals surface area contributed by atoms with Gasteiger partial charge in [-0.05, 0) is 37.0 Å². The molecule has 1 aromatic rings.